The maximum absolute atomic E-state index is 13.4. The molecule has 0 bridgehead atoms. The van der Waals surface area contributed by atoms with E-state index in [0.29, 0.717) is 18.6 Å². The summed E-state index contributed by atoms with van der Waals surface area (Å²) >= 11 is 3.38. The van der Waals surface area contributed by atoms with E-state index in [1.165, 1.54) is 9.75 Å². The molecule has 4 nitrogen and oxygen atoms in total. The number of thiophene rings is 2. The highest BCUT2D eigenvalue weighted by atomic mass is 32.1. The van der Waals surface area contributed by atoms with E-state index in [1.54, 1.807) is 22.7 Å². The van der Waals surface area contributed by atoms with Crippen molar-refractivity contribution >= 4 is 34.4 Å². The van der Waals surface area contributed by atoms with Crippen molar-refractivity contribution in [1.29, 1.82) is 0 Å². The van der Waals surface area contributed by atoms with Crippen LogP contribution in [0.1, 0.15) is 60.1 Å². The number of Topliss-reactive ketones (excluding diaryl/α,β-unsaturated/α-hetero) is 1. The van der Waals surface area contributed by atoms with Gasteiger partial charge in [-0.3, -0.25) is 4.79 Å². The predicted molar refractivity (Wildman–Crippen MR) is 117 cm³/mol. The first-order valence-corrected chi connectivity index (χ1v) is 11.8. The van der Waals surface area contributed by atoms with Gasteiger partial charge >= 0.3 is 5.97 Å². The Morgan fingerprint density at radius 1 is 1.21 bits per heavy atom. The van der Waals surface area contributed by atoms with Crippen molar-refractivity contribution in [2.45, 2.75) is 51.9 Å². The summed E-state index contributed by atoms with van der Waals surface area (Å²) in [5, 5.41) is 5.46. The number of aryl methyl sites for hydroxylation is 1. The molecule has 2 atom stereocenters. The summed E-state index contributed by atoms with van der Waals surface area (Å²) in [6.45, 7) is 6.15. The van der Waals surface area contributed by atoms with Crippen LogP contribution in [0.4, 0.5) is 0 Å². The summed E-state index contributed by atoms with van der Waals surface area (Å²) in [5.74, 6) is -0.357. The Labute approximate surface area is 179 Å². The second kappa shape index (κ2) is 8.28. The summed E-state index contributed by atoms with van der Waals surface area (Å²) in [4.78, 5) is 29.8. The molecule has 0 radical (unpaired) electrons. The van der Waals surface area contributed by atoms with Gasteiger partial charge in [-0.15, -0.1) is 22.7 Å². The number of hydrogen-bond acceptors (Lipinski definition) is 6. The van der Waals surface area contributed by atoms with Gasteiger partial charge in [-0.05, 0) is 50.3 Å². The van der Waals surface area contributed by atoms with Gasteiger partial charge in [0, 0.05) is 43.9 Å². The molecule has 0 amide bonds. The summed E-state index contributed by atoms with van der Waals surface area (Å²) in [6.07, 6.45) is 2.21. The second-order valence-electron chi connectivity index (χ2n) is 7.41. The Bertz CT molecular complexity index is 997. The highest BCUT2D eigenvalue weighted by Crippen LogP contribution is 2.47. The van der Waals surface area contributed by atoms with Crippen LogP contribution in [0.15, 0.2) is 52.2 Å². The average molecular weight is 428 g/mol. The summed E-state index contributed by atoms with van der Waals surface area (Å²) in [5.41, 5.74) is 3.06. The van der Waals surface area contributed by atoms with Crippen molar-refractivity contribution in [2.75, 3.05) is 6.61 Å². The Hall–Kier alpha value is -2.18. The molecule has 0 saturated carbocycles. The van der Waals surface area contributed by atoms with E-state index in [1.807, 2.05) is 19.9 Å². The number of rotatable bonds is 5. The van der Waals surface area contributed by atoms with Crippen LogP contribution < -0.4 is 5.32 Å². The highest BCUT2D eigenvalue weighted by molar-refractivity contribution is 7.12. The van der Waals surface area contributed by atoms with Crippen molar-refractivity contribution in [1.82, 2.24) is 5.32 Å². The van der Waals surface area contributed by atoms with Crippen LogP contribution in [0.2, 0.25) is 0 Å². The van der Waals surface area contributed by atoms with Crippen LogP contribution in [0.25, 0.3) is 0 Å². The zero-order valence-corrected chi connectivity index (χ0v) is 18.5. The normalized spacial score (nSPS) is 21.8. The fourth-order valence-electron chi connectivity index (χ4n) is 4.27. The predicted octanol–water partition coefficient (Wildman–Crippen LogP) is 5.30. The van der Waals surface area contributed by atoms with Crippen LogP contribution >= 0.6 is 22.7 Å². The molecule has 3 heterocycles. The molecule has 2 aromatic rings. The molecule has 0 aromatic carbocycles. The maximum atomic E-state index is 13.4. The number of hydrogen-bond donors (Lipinski definition) is 1. The number of nitrogens with one attached hydrogen (secondary N) is 1. The van der Waals surface area contributed by atoms with E-state index in [0.717, 1.165) is 34.7 Å². The molecule has 4 rings (SSSR count). The summed E-state index contributed by atoms with van der Waals surface area (Å²) < 4.78 is 5.37. The molecule has 2 aromatic heterocycles. The third kappa shape index (κ3) is 3.71. The van der Waals surface area contributed by atoms with Gasteiger partial charge in [0.05, 0.1) is 18.1 Å². The van der Waals surface area contributed by atoms with Crippen LogP contribution in [0, 0.1) is 0 Å². The van der Waals surface area contributed by atoms with E-state index in [-0.39, 0.29) is 23.6 Å². The first-order chi connectivity index (χ1) is 14.0. The number of ketones is 1. The Morgan fingerprint density at radius 3 is 2.69 bits per heavy atom. The SMILES string of the molecule is CCOC(=O)C1=C(C)NC2=C(C(=O)C[C@H](c3cccs3)C2)[C@H]1c1ccc(CC)s1. The minimum absolute atomic E-state index is 0.128. The Balaban J connectivity index is 1.79. The fraction of sp³-hybridized carbons (Fsp3) is 0.391. The topological polar surface area (TPSA) is 55.4 Å². The molecular weight excluding hydrogens is 402 g/mol. The van der Waals surface area contributed by atoms with Gasteiger partial charge in [-0.2, -0.15) is 0 Å². The zero-order chi connectivity index (χ0) is 20.5. The van der Waals surface area contributed by atoms with Crippen LogP contribution in [0.5, 0.6) is 0 Å². The highest BCUT2D eigenvalue weighted by Gasteiger charge is 2.42. The number of carbonyl (C=O) groups excluding carboxylic acids is 2. The van der Waals surface area contributed by atoms with Crippen molar-refractivity contribution < 1.29 is 14.3 Å². The summed E-state index contributed by atoms with van der Waals surface area (Å²) in [7, 11) is 0. The molecule has 1 N–H and O–H groups in total. The van der Waals surface area contributed by atoms with E-state index >= 15 is 0 Å². The lowest BCUT2D eigenvalue weighted by atomic mass is 9.74. The van der Waals surface area contributed by atoms with Crippen LogP contribution in [-0.2, 0) is 20.7 Å². The average Bonchev–Trinajstić information content (AvgIpc) is 3.38. The molecule has 6 heteroatoms. The molecule has 0 saturated heterocycles. The Morgan fingerprint density at radius 2 is 2.03 bits per heavy atom. The largest absolute Gasteiger partial charge is 0.463 e. The monoisotopic (exact) mass is 427 g/mol. The van der Waals surface area contributed by atoms with E-state index in [2.05, 4.69) is 35.8 Å². The molecule has 0 fully saturated rings. The minimum Gasteiger partial charge on any atom is -0.463 e. The quantitative estimate of drug-likeness (QED) is 0.658. The van der Waals surface area contributed by atoms with Gasteiger partial charge in [0.1, 0.15) is 0 Å². The minimum atomic E-state index is -0.340. The van der Waals surface area contributed by atoms with Gasteiger partial charge in [-0.1, -0.05) is 13.0 Å². The maximum Gasteiger partial charge on any atom is 0.336 e. The third-order valence-electron chi connectivity index (χ3n) is 5.58. The van der Waals surface area contributed by atoms with E-state index in [9.17, 15) is 9.59 Å². The molecule has 1 aliphatic heterocycles. The third-order valence-corrected chi connectivity index (χ3v) is 7.91. The number of carbonyl (C=O) groups is 2. The van der Waals surface area contributed by atoms with Crippen molar-refractivity contribution in [3.05, 3.63) is 66.8 Å². The lowest BCUT2D eigenvalue weighted by molar-refractivity contribution is -0.138. The molecule has 2 aliphatic rings. The standard InChI is InChI=1S/C23H25NO3S2/c1-4-15-8-9-19(29-15)22-20(23(26)27-5-2)13(3)24-16-11-14(12-17(25)21(16)22)18-7-6-10-28-18/h6-10,14,22,24H,4-5,11-12H2,1-3H3/t14-,22+/m1/s1. The molecule has 152 valence electrons. The van der Waals surface area contributed by atoms with E-state index in [4.69, 9.17) is 4.74 Å². The first-order valence-electron chi connectivity index (χ1n) is 10.1. The number of allylic oxidation sites excluding steroid dienone is 3. The number of dihydropyridines is 1. The van der Waals surface area contributed by atoms with Gasteiger partial charge < -0.3 is 10.1 Å². The van der Waals surface area contributed by atoms with E-state index < -0.39 is 0 Å². The first kappa shape index (κ1) is 20.1. The van der Waals surface area contributed by atoms with Gasteiger partial charge in [0.15, 0.2) is 5.78 Å². The number of esters is 1. The number of ether oxygens (including phenoxy) is 1. The van der Waals surface area contributed by atoms with Crippen molar-refractivity contribution in [3.8, 4) is 0 Å². The summed E-state index contributed by atoms with van der Waals surface area (Å²) in [6, 6.07) is 8.30. The molecule has 29 heavy (non-hydrogen) atoms. The lowest BCUT2D eigenvalue weighted by Crippen LogP contribution is -2.35. The van der Waals surface area contributed by atoms with Crippen molar-refractivity contribution in [2.24, 2.45) is 0 Å². The van der Waals surface area contributed by atoms with Gasteiger partial charge in [0.25, 0.3) is 0 Å². The smallest absolute Gasteiger partial charge is 0.336 e. The van der Waals surface area contributed by atoms with Gasteiger partial charge in [0.2, 0.25) is 0 Å². The second-order valence-corrected chi connectivity index (χ2v) is 9.59. The van der Waals surface area contributed by atoms with Crippen molar-refractivity contribution in [3.63, 3.8) is 0 Å². The van der Waals surface area contributed by atoms with Crippen LogP contribution in [0.3, 0.4) is 0 Å². The fourth-order valence-corrected chi connectivity index (χ4v) is 6.17. The Kier molecular flexibility index (Phi) is 5.74. The molecule has 1 aliphatic carbocycles. The lowest BCUT2D eigenvalue weighted by Gasteiger charge is -2.35. The molecule has 0 spiro atoms. The molecular formula is C23H25NO3S2. The van der Waals surface area contributed by atoms with Crippen LogP contribution in [-0.4, -0.2) is 18.4 Å². The van der Waals surface area contributed by atoms with Gasteiger partial charge in [-0.25, -0.2) is 4.79 Å². The zero-order valence-electron chi connectivity index (χ0n) is 16.9. The molecule has 0 unspecified atom stereocenters.